The average molecular weight is 598 g/mol. The van der Waals surface area contributed by atoms with Gasteiger partial charge >= 0.3 is 0 Å². The number of aliphatic hydroxyl groups excluding tert-OH is 2. The van der Waals surface area contributed by atoms with Crippen molar-refractivity contribution < 1.29 is 10.2 Å². The van der Waals surface area contributed by atoms with Crippen LogP contribution in [0.25, 0.3) is 0 Å². The standard InChI is InChI=1S/C29H41N3O2S.C3H6.2C2H6/c1-6-8-10-12-17-25(23(4)15-11-9-7-2)32(5)28-27(26(34)18-19-33)31-29(35-28)30-21-24-16-13-14-22(3)20-24;1-3-2;2*1-2/h6-7,9,11-17,20,23,25-26,33-34H,1,8,10,18-19,21H2,2-5H3,(H,30,31);3H,1H2,2H3;2*1-2H3/b9-7-,15-11-,17-12+;;;. The van der Waals surface area contributed by atoms with E-state index in [0.717, 1.165) is 23.0 Å². The third kappa shape index (κ3) is 16.5. The number of anilines is 2. The van der Waals surface area contributed by atoms with E-state index in [2.05, 4.69) is 92.8 Å². The summed E-state index contributed by atoms with van der Waals surface area (Å²) >= 11 is 1.54. The van der Waals surface area contributed by atoms with Crippen molar-refractivity contribution in [2.24, 2.45) is 5.92 Å². The molecule has 0 aliphatic rings. The van der Waals surface area contributed by atoms with E-state index in [9.17, 15) is 10.2 Å². The number of rotatable bonds is 15. The number of hydrogen-bond donors (Lipinski definition) is 3. The van der Waals surface area contributed by atoms with E-state index >= 15 is 0 Å². The number of aliphatic hydroxyl groups is 2. The highest BCUT2D eigenvalue weighted by Crippen LogP contribution is 2.38. The number of nitrogens with one attached hydrogen (secondary N) is 1. The van der Waals surface area contributed by atoms with Gasteiger partial charge in [-0.05, 0) is 45.1 Å². The molecule has 1 aromatic heterocycles. The molecule has 0 fully saturated rings. The lowest BCUT2D eigenvalue weighted by atomic mass is 9.98. The number of aryl methyl sites for hydroxylation is 1. The maximum absolute atomic E-state index is 10.8. The first-order valence-electron chi connectivity index (χ1n) is 15.3. The van der Waals surface area contributed by atoms with Crippen LogP contribution >= 0.6 is 11.3 Å². The van der Waals surface area contributed by atoms with Crippen molar-refractivity contribution in [1.29, 1.82) is 0 Å². The average Bonchev–Trinajstić information content (AvgIpc) is 3.43. The fraction of sp³-hybridized carbons (Fsp3) is 0.472. The Balaban J connectivity index is 0. The van der Waals surface area contributed by atoms with Gasteiger partial charge in [0.2, 0.25) is 0 Å². The predicted molar refractivity (Wildman–Crippen MR) is 190 cm³/mol. The van der Waals surface area contributed by atoms with Crippen molar-refractivity contribution in [1.82, 2.24) is 4.98 Å². The van der Waals surface area contributed by atoms with E-state index in [1.165, 1.54) is 22.5 Å². The van der Waals surface area contributed by atoms with Crippen molar-refractivity contribution >= 4 is 21.5 Å². The van der Waals surface area contributed by atoms with Crippen LogP contribution in [-0.2, 0) is 6.54 Å². The molecule has 6 heteroatoms. The Morgan fingerprint density at radius 1 is 1.07 bits per heavy atom. The van der Waals surface area contributed by atoms with Gasteiger partial charge in [-0.25, -0.2) is 4.98 Å². The molecule has 42 heavy (non-hydrogen) atoms. The van der Waals surface area contributed by atoms with E-state index in [0.29, 0.717) is 12.2 Å². The Morgan fingerprint density at radius 3 is 2.31 bits per heavy atom. The summed E-state index contributed by atoms with van der Waals surface area (Å²) in [6, 6.07) is 8.45. The Morgan fingerprint density at radius 2 is 1.74 bits per heavy atom. The number of hydrogen-bond acceptors (Lipinski definition) is 6. The minimum Gasteiger partial charge on any atom is -0.396 e. The Labute approximate surface area is 262 Å². The number of likely N-dealkylation sites (N-methyl/N-ethyl adjacent to an activating group) is 1. The highest BCUT2D eigenvalue weighted by atomic mass is 32.1. The topological polar surface area (TPSA) is 68.6 Å². The van der Waals surface area contributed by atoms with Crippen LogP contribution in [-0.4, -0.2) is 34.9 Å². The third-order valence-electron chi connectivity index (χ3n) is 5.77. The molecular weight excluding hydrogens is 538 g/mol. The molecule has 2 aromatic rings. The lowest BCUT2D eigenvalue weighted by Gasteiger charge is -2.31. The van der Waals surface area contributed by atoms with Gasteiger partial charge in [0.25, 0.3) is 0 Å². The Hall–Kier alpha value is -2.93. The largest absolute Gasteiger partial charge is 0.396 e. The smallest absolute Gasteiger partial charge is 0.185 e. The van der Waals surface area contributed by atoms with Crippen LogP contribution in [0.2, 0.25) is 0 Å². The molecule has 236 valence electrons. The molecule has 3 N–H and O–H groups in total. The molecule has 0 bridgehead atoms. The summed E-state index contributed by atoms with van der Waals surface area (Å²) in [4.78, 5) is 6.95. The van der Waals surface area contributed by atoms with Crippen LogP contribution < -0.4 is 10.2 Å². The van der Waals surface area contributed by atoms with Gasteiger partial charge in [-0.3, -0.25) is 0 Å². The van der Waals surface area contributed by atoms with Gasteiger partial charge in [-0.1, -0.05) is 124 Å². The summed E-state index contributed by atoms with van der Waals surface area (Å²) in [7, 11) is 2.05. The first-order chi connectivity index (χ1) is 20.3. The van der Waals surface area contributed by atoms with Crippen molar-refractivity contribution in [3.8, 4) is 0 Å². The fourth-order valence-corrected chi connectivity index (χ4v) is 4.86. The Bertz CT molecular complexity index is 1040. The first kappa shape index (κ1) is 41.2. The zero-order chi connectivity index (χ0) is 32.3. The van der Waals surface area contributed by atoms with Crippen molar-refractivity contribution in [3.05, 3.63) is 103 Å². The summed E-state index contributed by atoms with van der Waals surface area (Å²) in [5.41, 5.74) is 3.00. The lowest BCUT2D eigenvalue weighted by Crippen LogP contribution is -2.35. The molecule has 0 spiro atoms. The van der Waals surface area contributed by atoms with Crippen molar-refractivity contribution in [2.45, 2.75) is 93.3 Å². The van der Waals surface area contributed by atoms with Crippen LogP contribution in [0.1, 0.15) is 90.7 Å². The molecule has 0 aliphatic carbocycles. The molecule has 0 aliphatic heterocycles. The molecule has 0 amide bonds. The maximum Gasteiger partial charge on any atom is 0.185 e. The molecule has 2 rings (SSSR count). The maximum atomic E-state index is 10.8. The summed E-state index contributed by atoms with van der Waals surface area (Å²) in [5.74, 6) is 0.227. The summed E-state index contributed by atoms with van der Waals surface area (Å²) in [5, 5.41) is 25.3. The van der Waals surface area contributed by atoms with Gasteiger partial charge in [-0.2, -0.15) is 0 Å². The lowest BCUT2D eigenvalue weighted by molar-refractivity contribution is 0.131. The van der Waals surface area contributed by atoms with Gasteiger partial charge in [0.15, 0.2) is 5.13 Å². The third-order valence-corrected chi connectivity index (χ3v) is 6.89. The first-order valence-corrected chi connectivity index (χ1v) is 16.1. The number of nitrogens with zero attached hydrogens (tertiary/aromatic N) is 2. The minimum atomic E-state index is -0.831. The predicted octanol–water partition coefficient (Wildman–Crippen LogP) is 9.82. The van der Waals surface area contributed by atoms with Gasteiger partial charge < -0.3 is 20.4 Å². The van der Waals surface area contributed by atoms with Crippen molar-refractivity contribution in [3.63, 3.8) is 0 Å². The summed E-state index contributed by atoms with van der Waals surface area (Å²) in [6.07, 6.45) is 17.7. The molecule has 1 heterocycles. The van der Waals surface area contributed by atoms with E-state index in [1.807, 2.05) is 59.8 Å². The zero-order valence-electron chi connectivity index (χ0n) is 27.8. The number of benzene rings is 1. The van der Waals surface area contributed by atoms with Gasteiger partial charge in [-0.15, -0.1) is 13.2 Å². The van der Waals surface area contributed by atoms with Gasteiger partial charge in [0, 0.05) is 26.6 Å². The number of thiazole rings is 1. The highest BCUT2D eigenvalue weighted by molar-refractivity contribution is 7.19. The van der Waals surface area contributed by atoms with Gasteiger partial charge in [0.1, 0.15) is 16.8 Å². The molecular formula is C36H59N3O2S. The second-order valence-corrected chi connectivity index (χ2v) is 10.1. The molecule has 3 unspecified atom stereocenters. The van der Waals surface area contributed by atoms with Crippen LogP contribution in [0.15, 0.2) is 86.0 Å². The molecule has 0 saturated heterocycles. The van der Waals surface area contributed by atoms with Crippen LogP contribution in [0.5, 0.6) is 0 Å². The second-order valence-electron chi connectivity index (χ2n) is 9.15. The zero-order valence-corrected chi connectivity index (χ0v) is 28.6. The molecule has 3 atom stereocenters. The summed E-state index contributed by atoms with van der Waals surface area (Å²) in [6.45, 7) is 23.9. The number of allylic oxidation sites excluding steroid dienone is 6. The van der Waals surface area contributed by atoms with E-state index in [1.54, 1.807) is 6.08 Å². The monoisotopic (exact) mass is 597 g/mol. The number of unbranched alkanes of at least 4 members (excludes halogenated alkanes) is 1. The molecule has 0 radical (unpaired) electrons. The highest BCUT2D eigenvalue weighted by Gasteiger charge is 2.26. The van der Waals surface area contributed by atoms with Crippen molar-refractivity contribution in [2.75, 3.05) is 23.9 Å². The van der Waals surface area contributed by atoms with E-state index in [4.69, 9.17) is 4.98 Å². The van der Waals surface area contributed by atoms with Crippen LogP contribution in [0.3, 0.4) is 0 Å². The second kappa shape index (κ2) is 26.9. The fourth-order valence-electron chi connectivity index (χ4n) is 3.83. The van der Waals surface area contributed by atoms with Gasteiger partial charge in [0.05, 0.1) is 6.04 Å². The Kier molecular flexibility index (Phi) is 26.4. The molecule has 1 aromatic carbocycles. The van der Waals surface area contributed by atoms with E-state index < -0.39 is 6.10 Å². The number of aromatic nitrogens is 1. The van der Waals surface area contributed by atoms with Crippen LogP contribution in [0.4, 0.5) is 10.1 Å². The molecule has 0 saturated carbocycles. The van der Waals surface area contributed by atoms with E-state index in [-0.39, 0.29) is 25.0 Å². The van der Waals surface area contributed by atoms with Crippen LogP contribution in [0, 0.1) is 12.8 Å². The molecule has 5 nitrogen and oxygen atoms in total. The summed E-state index contributed by atoms with van der Waals surface area (Å²) < 4.78 is 0. The quantitative estimate of drug-likeness (QED) is 0.108. The SMILES string of the molecule is C=CC.C=CCC/C=C/C(C(C)/C=C\C=C/C)N(C)c1sc(NCc2cccc(C)c2)nc1C(O)CCO.CC.CC. The minimum absolute atomic E-state index is 0.0754. The normalized spacial score (nSPS) is 12.7.